The number of H-pyrrole nitrogens is 1. The van der Waals surface area contributed by atoms with Gasteiger partial charge in [0.25, 0.3) is 6.43 Å². The summed E-state index contributed by atoms with van der Waals surface area (Å²) in [5.41, 5.74) is 2.76. The van der Waals surface area contributed by atoms with E-state index in [0.29, 0.717) is 31.4 Å². The van der Waals surface area contributed by atoms with Crippen molar-refractivity contribution in [2.75, 3.05) is 11.9 Å². The highest BCUT2D eigenvalue weighted by atomic mass is 19.3. The normalized spacial score (nSPS) is 22.2. The number of hydrogen-bond acceptors (Lipinski definition) is 5. The summed E-state index contributed by atoms with van der Waals surface area (Å²) in [7, 11) is 0. The summed E-state index contributed by atoms with van der Waals surface area (Å²) in [6, 6.07) is 9.13. The van der Waals surface area contributed by atoms with Gasteiger partial charge in [-0.05, 0) is 45.1 Å². The molecule has 2 fully saturated rings. The van der Waals surface area contributed by atoms with Gasteiger partial charge in [0.05, 0.1) is 17.6 Å². The van der Waals surface area contributed by atoms with Gasteiger partial charge in [0.15, 0.2) is 12.0 Å². The second kappa shape index (κ2) is 10.9. The largest absolute Gasteiger partial charge is 0.357 e. The Balaban J connectivity index is 1.32. The second-order valence-electron chi connectivity index (χ2n) is 9.87. The van der Waals surface area contributed by atoms with Crippen molar-refractivity contribution in [3.05, 3.63) is 53.5 Å². The number of ether oxygens (including phenoxy) is 1. The van der Waals surface area contributed by atoms with Crippen LogP contribution in [0.4, 0.5) is 14.5 Å². The van der Waals surface area contributed by atoms with Gasteiger partial charge in [-0.3, -0.25) is 14.7 Å². The third-order valence-corrected chi connectivity index (χ3v) is 7.34. The summed E-state index contributed by atoms with van der Waals surface area (Å²) in [6.45, 7) is 2.41. The molecule has 0 spiro atoms. The lowest BCUT2D eigenvalue weighted by Crippen LogP contribution is -2.36. The molecule has 10 heteroatoms. The minimum Gasteiger partial charge on any atom is -0.357 e. The Hall–Kier alpha value is -3.40. The third-order valence-electron chi connectivity index (χ3n) is 7.34. The number of carbonyl (C=O) groups is 2. The van der Waals surface area contributed by atoms with Crippen molar-refractivity contribution >= 4 is 17.4 Å². The molecule has 3 atom stereocenters. The summed E-state index contributed by atoms with van der Waals surface area (Å²) in [4.78, 5) is 26.8. The first kappa shape index (κ1) is 25.3. The van der Waals surface area contributed by atoms with E-state index < -0.39 is 30.4 Å². The average molecular weight is 512 g/mol. The van der Waals surface area contributed by atoms with Gasteiger partial charge in [0.1, 0.15) is 5.69 Å². The highest BCUT2D eigenvalue weighted by Crippen LogP contribution is 2.36. The zero-order valence-electron chi connectivity index (χ0n) is 20.8. The van der Waals surface area contributed by atoms with Crippen LogP contribution in [0.1, 0.15) is 79.3 Å². The van der Waals surface area contributed by atoms with Crippen molar-refractivity contribution in [3.63, 3.8) is 0 Å². The Kier molecular flexibility index (Phi) is 7.45. The molecule has 0 radical (unpaired) electrons. The molecule has 3 aromatic rings. The molecular formula is C27H31F2N5O3. The molecule has 0 bridgehead atoms. The van der Waals surface area contributed by atoms with Gasteiger partial charge in [0, 0.05) is 35.3 Å². The third kappa shape index (κ3) is 5.34. The van der Waals surface area contributed by atoms with Crippen LogP contribution in [0.5, 0.6) is 0 Å². The van der Waals surface area contributed by atoms with Gasteiger partial charge in [-0.25, -0.2) is 13.5 Å². The molecule has 37 heavy (non-hydrogen) atoms. The summed E-state index contributed by atoms with van der Waals surface area (Å²) in [5, 5.41) is 13.9. The van der Waals surface area contributed by atoms with Gasteiger partial charge in [0.2, 0.25) is 5.91 Å². The lowest BCUT2D eigenvalue weighted by molar-refractivity contribution is -0.122. The van der Waals surface area contributed by atoms with Crippen molar-refractivity contribution in [1.82, 2.24) is 20.0 Å². The molecule has 1 aromatic carbocycles. The average Bonchev–Trinajstić information content (AvgIpc) is 3.55. The number of halogens is 2. The number of amides is 1. The Morgan fingerprint density at radius 1 is 1.08 bits per heavy atom. The Bertz CT molecular complexity index is 1250. The molecule has 5 rings (SSSR count). The highest BCUT2D eigenvalue weighted by molar-refractivity contribution is 6.03. The number of aromatic nitrogens is 4. The van der Waals surface area contributed by atoms with E-state index in [1.807, 2.05) is 25.1 Å². The summed E-state index contributed by atoms with van der Waals surface area (Å²) < 4.78 is 34.9. The van der Waals surface area contributed by atoms with Crippen LogP contribution in [-0.4, -0.2) is 38.3 Å². The molecular weight excluding hydrogens is 480 g/mol. The number of benzene rings is 1. The van der Waals surface area contributed by atoms with Crippen LogP contribution in [0.25, 0.3) is 11.3 Å². The number of hydrogen-bond donors (Lipinski definition) is 2. The van der Waals surface area contributed by atoms with E-state index in [4.69, 9.17) is 4.74 Å². The van der Waals surface area contributed by atoms with Crippen molar-refractivity contribution in [3.8, 4) is 11.3 Å². The number of aromatic amines is 1. The fraction of sp³-hybridized carbons (Fsp3) is 0.481. The van der Waals surface area contributed by atoms with Gasteiger partial charge >= 0.3 is 0 Å². The smallest absolute Gasteiger partial charge is 0.282 e. The van der Waals surface area contributed by atoms with Crippen molar-refractivity contribution in [1.29, 1.82) is 0 Å². The first-order valence-electron chi connectivity index (χ1n) is 12.9. The van der Waals surface area contributed by atoms with Crippen LogP contribution in [0, 0.1) is 18.8 Å². The SMILES string of the molecule is Cc1cc(-c2ccc(C(=O)C3CCCCC3C(=O)Nc3cnn(C4CCCCO4)c3C(F)F)cc2)n[nH]1. The van der Waals surface area contributed by atoms with Crippen LogP contribution in [0.2, 0.25) is 0 Å². The number of nitrogens with one attached hydrogen (secondary N) is 2. The molecule has 1 aliphatic carbocycles. The van der Waals surface area contributed by atoms with Gasteiger partial charge in [-0.2, -0.15) is 10.2 Å². The quantitative estimate of drug-likeness (QED) is 0.388. The number of Topliss-reactive ketones (excluding diaryl/α,β-unsaturated/α-hetero) is 1. The second-order valence-corrected chi connectivity index (χ2v) is 9.87. The predicted molar refractivity (Wildman–Crippen MR) is 133 cm³/mol. The summed E-state index contributed by atoms with van der Waals surface area (Å²) in [5.74, 6) is -1.65. The number of ketones is 1. The Labute approximate surface area is 213 Å². The molecule has 3 unspecified atom stereocenters. The van der Waals surface area contributed by atoms with Crippen LogP contribution >= 0.6 is 0 Å². The van der Waals surface area contributed by atoms with Gasteiger partial charge in [-0.1, -0.05) is 37.1 Å². The molecule has 1 saturated carbocycles. The van der Waals surface area contributed by atoms with E-state index in [1.54, 1.807) is 12.1 Å². The molecule has 2 aliphatic rings. The molecule has 2 N–H and O–H groups in total. The van der Waals surface area contributed by atoms with E-state index in [2.05, 4.69) is 20.6 Å². The maximum absolute atomic E-state index is 14.0. The Morgan fingerprint density at radius 3 is 2.46 bits per heavy atom. The van der Waals surface area contributed by atoms with Crippen molar-refractivity contribution < 1.29 is 23.1 Å². The predicted octanol–water partition coefficient (Wildman–Crippen LogP) is 5.85. The minimum atomic E-state index is -2.83. The standard InChI is InChI=1S/C27H31F2N5O3/c1-16-14-21(33-32-16)17-9-11-18(12-10-17)25(35)19-6-2-3-7-20(19)27(36)31-22-15-30-34(24(22)26(28)29)23-8-4-5-13-37-23/h9-12,14-15,19-20,23,26H,2-8,13H2,1H3,(H,31,36)(H,32,33). The lowest BCUT2D eigenvalue weighted by Gasteiger charge is -2.29. The molecule has 1 saturated heterocycles. The number of alkyl halides is 2. The van der Waals surface area contributed by atoms with Gasteiger partial charge in [-0.15, -0.1) is 0 Å². The molecule has 2 aromatic heterocycles. The number of carbonyl (C=O) groups excluding carboxylic acids is 2. The first-order valence-corrected chi connectivity index (χ1v) is 12.9. The van der Waals surface area contributed by atoms with Gasteiger partial charge < -0.3 is 10.1 Å². The minimum absolute atomic E-state index is 0.0235. The van der Waals surface area contributed by atoms with E-state index in [0.717, 1.165) is 42.6 Å². The van der Waals surface area contributed by atoms with E-state index in [1.165, 1.54) is 10.9 Å². The highest BCUT2D eigenvalue weighted by Gasteiger charge is 2.37. The number of rotatable bonds is 7. The fourth-order valence-corrected chi connectivity index (χ4v) is 5.40. The number of aryl methyl sites for hydroxylation is 1. The van der Waals surface area contributed by atoms with E-state index in [9.17, 15) is 18.4 Å². The van der Waals surface area contributed by atoms with Crippen molar-refractivity contribution in [2.45, 2.75) is 64.5 Å². The zero-order valence-corrected chi connectivity index (χ0v) is 20.8. The first-order chi connectivity index (χ1) is 17.9. The monoisotopic (exact) mass is 511 g/mol. The Morgan fingerprint density at radius 2 is 1.81 bits per heavy atom. The van der Waals surface area contributed by atoms with Crippen LogP contribution in [0.15, 0.2) is 36.5 Å². The summed E-state index contributed by atoms with van der Waals surface area (Å²) >= 11 is 0. The van der Waals surface area contributed by atoms with E-state index >= 15 is 0 Å². The van der Waals surface area contributed by atoms with E-state index in [-0.39, 0.29) is 17.2 Å². The lowest BCUT2D eigenvalue weighted by atomic mass is 9.75. The van der Waals surface area contributed by atoms with Crippen LogP contribution in [-0.2, 0) is 9.53 Å². The van der Waals surface area contributed by atoms with Crippen LogP contribution in [0.3, 0.4) is 0 Å². The van der Waals surface area contributed by atoms with Crippen LogP contribution < -0.4 is 5.32 Å². The number of anilines is 1. The maximum Gasteiger partial charge on any atom is 0.282 e. The molecule has 8 nitrogen and oxygen atoms in total. The molecule has 3 heterocycles. The van der Waals surface area contributed by atoms with Crippen molar-refractivity contribution in [2.24, 2.45) is 11.8 Å². The maximum atomic E-state index is 14.0. The molecule has 1 amide bonds. The topological polar surface area (TPSA) is 102 Å². The zero-order chi connectivity index (χ0) is 25.9. The molecule has 196 valence electrons. The number of nitrogens with zero attached hydrogens (tertiary/aromatic N) is 3. The summed E-state index contributed by atoms with van der Waals surface area (Å²) in [6.07, 6.45) is 2.94. The fourth-order valence-electron chi connectivity index (χ4n) is 5.40. The molecule has 1 aliphatic heterocycles.